The van der Waals surface area contributed by atoms with Gasteiger partial charge in [-0.25, -0.2) is 0 Å². The van der Waals surface area contributed by atoms with Crippen molar-refractivity contribution in [3.63, 3.8) is 0 Å². The molecule has 7 aromatic rings. The van der Waals surface area contributed by atoms with E-state index >= 15 is 0 Å². The van der Waals surface area contributed by atoms with Gasteiger partial charge in [-0.15, -0.1) is 0 Å². The molecule has 3 unspecified atom stereocenters. The zero-order valence-electron chi connectivity index (χ0n) is 89.4. The molecule has 7 amide bonds. The van der Waals surface area contributed by atoms with Crippen molar-refractivity contribution in [2.45, 2.75) is 385 Å². The van der Waals surface area contributed by atoms with Crippen molar-refractivity contribution < 1.29 is 65.2 Å². The third-order valence-electron chi connectivity index (χ3n) is 26.2. The van der Waals surface area contributed by atoms with Crippen molar-refractivity contribution in [1.29, 1.82) is 0 Å². The van der Waals surface area contributed by atoms with Crippen LogP contribution in [-0.4, -0.2) is 218 Å². The molecule has 7 heterocycles. The highest BCUT2D eigenvalue weighted by Crippen LogP contribution is 2.29. The molecule has 133 heavy (non-hydrogen) atoms. The van der Waals surface area contributed by atoms with Gasteiger partial charge in [-0.1, -0.05) is 194 Å². The number of likely N-dealkylation sites (N-methyl/N-ethyl adjacent to an activating group) is 4. The molecule has 32 nitrogen and oxygen atoms in total. The number of amides is 7. The lowest BCUT2D eigenvalue weighted by Crippen LogP contribution is -2.50. The Morgan fingerprint density at radius 3 is 0.767 bits per heavy atom. The molecule has 3 atom stereocenters. The monoisotopic (exact) mass is 1870 g/mol. The Hall–Kier alpha value is -9.40. The van der Waals surface area contributed by atoms with E-state index in [-0.39, 0.29) is 97.9 Å². The van der Waals surface area contributed by atoms with Crippen molar-refractivity contribution in [3.8, 4) is 0 Å². The standard InChI is InChI=1S/C16H29N3O2.2C15H27N3O2.C14H25N3O2.2C14H24N2O2.C13H22N2O2/c1-7-9-10-19(6)16(4,5)11-17-15(20)14-12(3)13(8-2)21-18-14;1-7-9-18(6)15(4,5)10-16-14(19)13-11(3)12(8-2)20-17-13;1-6-8-9-18(5)15(3,4)11-16-14(19)13-10-12(7-2)20-17-13;1-6-8-17(5)14(3,4)10-15-13(18)12-9-11(7-2)19-16-12;1-7-11-9(3)12(16-18-11)13(17)15-10(4)14(5,6)8-2;1-6-8-14(4,5)10(3)15-13(17)12-9-11(7-2)18-16-12;1-6-10-8-11(15-17-10)12(16)14-9(3)13(4,5)7-2/h7-11H2,1-6H3,(H,17,20);7-10H2,1-6H3,(H,16,19);10H,6-9,11H2,1-5H3,(H,16,19);9H,6-8,10H2,1-5H3,(H,15,18);10H,7-8H2,1-6H3,(H,15,17);9-10H,6-8H2,1-5H3,(H,15,17);8-9H,6-7H2,1-5H3,(H,14,16). The van der Waals surface area contributed by atoms with Crippen molar-refractivity contribution in [1.82, 2.24) is 92.9 Å². The van der Waals surface area contributed by atoms with Crippen LogP contribution in [0.25, 0.3) is 0 Å². The highest BCUT2D eigenvalue weighted by atomic mass is 16.5. The fourth-order valence-corrected chi connectivity index (χ4v) is 12.7. The molecule has 7 N–H and O–H groups in total. The fourth-order valence-electron chi connectivity index (χ4n) is 12.7. The van der Waals surface area contributed by atoms with Gasteiger partial charge in [-0.2, -0.15) is 0 Å². The molecule has 7 aromatic heterocycles. The summed E-state index contributed by atoms with van der Waals surface area (Å²) in [5, 5.41) is 47.4. The molecule has 7 rings (SSSR count). The van der Waals surface area contributed by atoms with Crippen molar-refractivity contribution in [2.24, 2.45) is 16.2 Å². The average Bonchev–Trinajstić information content (AvgIpc) is 1.72. The fraction of sp³-hybridized carbons (Fsp3) is 0.723. The Labute approximate surface area is 798 Å². The SMILES string of the molecule is CCCC(C)(C)C(C)NC(=O)c1cc(CC)on1.CCCCN(C)C(C)(C)CNC(=O)c1cc(CC)on1.CCCCN(C)C(C)(C)CNC(=O)c1noc(CC)c1C.CCCN(C)C(C)(C)CNC(=O)c1cc(CC)on1.CCCN(C)C(C)(C)CNC(=O)c1noc(CC)c1C.CCc1cc(C(=O)NC(C)C(C)(C)CC)no1.CCc1onc(C(=O)NC(C)C(C)(C)CC)c1C. The lowest BCUT2D eigenvalue weighted by molar-refractivity contribution is 0.0882. The van der Waals surface area contributed by atoms with Crippen LogP contribution in [0.2, 0.25) is 0 Å². The quantitative estimate of drug-likeness (QED) is 0.0186. The van der Waals surface area contributed by atoms with Gasteiger partial charge in [0.2, 0.25) is 0 Å². The second kappa shape index (κ2) is 58.8. The van der Waals surface area contributed by atoms with Gasteiger partial charge >= 0.3 is 0 Å². The summed E-state index contributed by atoms with van der Waals surface area (Å²) < 4.78 is 35.6. The first-order valence-corrected chi connectivity index (χ1v) is 48.7. The summed E-state index contributed by atoms with van der Waals surface area (Å²) in [6, 6.07) is 7.08. The predicted molar refractivity (Wildman–Crippen MR) is 530 cm³/mol. The summed E-state index contributed by atoms with van der Waals surface area (Å²) in [6.45, 7) is 76.9. The van der Waals surface area contributed by atoms with Gasteiger partial charge in [-0.05, 0) is 212 Å². The maximum Gasteiger partial charge on any atom is 0.273 e. The Kier molecular flexibility index (Phi) is 53.8. The van der Waals surface area contributed by atoms with Crippen LogP contribution in [0.5, 0.6) is 0 Å². The van der Waals surface area contributed by atoms with Gasteiger partial charge in [0.1, 0.15) is 40.3 Å². The predicted octanol–water partition coefficient (Wildman–Crippen LogP) is 18.8. The van der Waals surface area contributed by atoms with Crippen molar-refractivity contribution >= 4 is 41.4 Å². The minimum atomic E-state index is -0.179. The van der Waals surface area contributed by atoms with E-state index in [9.17, 15) is 33.6 Å². The topological polar surface area (TPSA) is 399 Å². The molecular formula is C101H178N18O14. The van der Waals surface area contributed by atoms with Crippen LogP contribution in [0.3, 0.4) is 0 Å². The molecule has 0 fully saturated rings. The van der Waals surface area contributed by atoms with Crippen LogP contribution in [0.4, 0.5) is 0 Å². The van der Waals surface area contributed by atoms with E-state index in [0.29, 0.717) is 66.0 Å². The van der Waals surface area contributed by atoms with Crippen LogP contribution in [-0.2, 0) is 44.9 Å². The largest absolute Gasteiger partial charge is 0.361 e. The first-order valence-electron chi connectivity index (χ1n) is 48.7. The number of hydrogen-bond acceptors (Lipinski definition) is 25. The summed E-state index contributed by atoms with van der Waals surface area (Å²) in [4.78, 5) is 93.4. The molecule has 0 aromatic carbocycles. The molecule has 0 aliphatic rings. The van der Waals surface area contributed by atoms with Crippen molar-refractivity contribution in [3.05, 3.63) is 121 Å². The number of unbranched alkanes of at least 4 members (excludes halogenated alkanes) is 2. The number of rotatable bonds is 46. The summed E-state index contributed by atoms with van der Waals surface area (Å²) in [5.41, 5.74) is 5.06. The zero-order chi connectivity index (χ0) is 102. The molecule has 0 aliphatic heterocycles. The Balaban J connectivity index is 0.000000777. The highest BCUT2D eigenvalue weighted by Gasteiger charge is 2.34. The van der Waals surface area contributed by atoms with Gasteiger partial charge in [0.25, 0.3) is 41.4 Å². The van der Waals surface area contributed by atoms with Crippen LogP contribution >= 0.6 is 0 Å². The number of nitrogens with one attached hydrogen (secondary N) is 7. The minimum Gasteiger partial charge on any atom is -0.361 e. The van der Waals surface area contributed by atoms with Crippen LogP contribution in [0.15, 0.2) is 55.9 Å². The maximum absolute atomic E-state index is 12.2. The molecule has 756 valence electrons. The number of carbonyl (C=O) groups is 7. The van der Waals surface area contributed by atoms with E-state index in [4.69, 9.17) is 31.7 Å². The molecule has 0 saturated heterocycles. The van der Waals surface area contributed by atoms with E-state index in [1.807, 2.05) is 90.0 Å². The minimum absolute atomic E-state index is 0.0703. The summed E-state index contributed by atoms with van der Waals surface area (Å²) >= 11 is 0. The summed E-state index contributed by atoms with van der Waals surface area (Å²) in [6.07, 6.45) is 16.3. The first-order chi connectivity index (χ1) is 62.1. The van der Waals surface area contributed by atoms with Gasteiger partial charge in [0.15, 0.2) is 39.9 Å². The number of carbonyl (C=O) groups excluding carboxylic acids is 7. The van der Waals surface area contributed by atoms with Gasteiger partial charge in [-0.3, -0.25) is 53.2 Å². The second-order valence-corrected chi connectivity index (χ2v) is 39.3. The Morgan fingerprint density at radius 2 is 0.541 bits per heavy atom. The van der Waals surface area contributed by atoms with Gasteiger partial charge in [0, 0.05) is 152 Å². The average molecular weight is 1870 g/mol. The highest BCUT2D eigenvalue weighted by molar-refractivity contribution is 5.96. The smallest absolute Gasteiger partial charge is 0.273 e. The van der Waals surface area contributed by atoms with E-state index in [1.165, 1.54) is 12.8 Å². The summed E-state index contributed by atoms with van der Waals surface area (Å²) in [5.74, 6) is 4.12. The molecule has 0 aliphatic carbocycles. The van der Waals surface area contributed by atoms with Crippen LogP contribution in [0.1, 0.15) is 409 Å². The molecule has 32 heteroatoms. The van der Waals surface area contributed by atoms with Crippen LogP contribution < -0.4 is 37.2 Å². The Bertz CT molecular complexity index is 4530. The van der Waals surface area contributed by atoms with Gasteiger partial charge < -0.3 is 68.9 Å². The number of nitrogens with zero attached hydrogens (tertiary/aromatic N) is 11. The number of hydrogen-bond donors (Lipinski definition) is 7. The molecule has 0 spiro atoms. The maximum atomic E-state index is 12.2. The zero-order valence-corrected chi connectivity index (χ0v) is 89.4. The third kappa shape index (κ3) is 40.6. The van der Waals surface area contributed by atoms with Crippen LogP contribution in [0, 0.1) is 37.0 Å². The summed E-state index contributed by atoms with van der Waals surface area (Å²) in [7, 11) is 8.33. The molecule has 0 radical (unpaired) electrons. The van der Waals surface area contributed by atoms with E-state index in [0.717, 1.165) is 180 Å². The van der Waals surface area contributed by atoms with Gasteiger partial charge in [0.05, 0.1) is 0 Å². The molecule has 0 saturated carbocycles. The first kappa shape index (κ1) is 122. The molecular weight excluding hydrogens is 1690 g/mol. The normalized spacial score (nSPS) is 12.5. The van der Waals surface area contributed by atoms with E-state index in [2.05, 4.69) is 267 Å². The number of aryl methyl sites for hydroxylation is 7. The second-order valence-electron chi connectivity index (χ2n) is 39.3. The Morgan fingerprint density at radius 1 is 0.301 bits per heavy atom. The third-order valence-corrected chi connectivity index (χ3v) is 26.2. The van der Waals surface area contributed by atoms with E-state index < -0.39 is 0 Å². The molecule has 0 bridgehead atoms. The lowest BCUT2D eigenvalue weighted by atomic mass is 9.81. The van der Waals surface area contributed by atoms with Crippen molar-refractivity contribution in [2.75, 3.05) is 80.5 Å². The number of aromatic nitrogens is 7. The lowest BCUT2D eigenvalue weighted by Gasteiger charge is -2.35. The van der Waals surface area contributed by atoms with E-state index in [1.54, 1.807) is 24.3 Å².